The van der Waals surface area contributed by atoms with Crippen molar-refractivity contribution in [3.63, 3.8) is 0 Å². The van der Waals surface area contributed by atoms with Crippen LogP contribution in [-0.4, -0.2) is 24.7 Å². The molecule has 0 spiro atoms. The van der Waals surface area contributed by atoms with Gasteiger partial charge in [0.1, 0.15) is 0 Å². The van der Waals surface area contributed by atoms with Crippen LogP contribution in [-0.2, 0) is 14.3 Å². The lowest BCUT2D eigenvalue weighted by molar-refractivity contribution is -0.137. The average molecular weight is 454 g/mol. The van der Waals surface area contributed by atoms with E-state index in [0.29, 0.717) is 38.1 Å². The summed E-state index contributed by atoms with van der Waals surface area (Å²) in [6.45, 7) is 1.76. The van der Waals surface area contributed by atoms with E-state index in [1.165, 1.54) is 7.11 Å². The van der Waals surface area contributed by atoms with Crippen LogP contribution in [0.1, 0.15) is 18.4 Å². The molecule has 0 saturated carbocycles. The number of dihydropyridines is 1. The third kappa shape index (κ3) is 5.10. The van der Waals surface area contributed by atoms with Gasteiger partial charge in [-0.05, 0) is 30.7 Å². The Bertz CT molecular complexity index is 1110. The van der Waals surface area contributed by atoms with Gasteiger partial charge in [0.2, 0.25) is 0 Å². The number of nitrogens with one attached hydrogen (secondary N) is 2. The number of nitriles is 1. The molecule has 2 aromatic carbocycles. The first-order chi connectivity index (χ1) is 15.0. The Hall–Kier alpha value is -3.21. The summed E-state index contributed by atoms with van der Waals surface area (Å²) in [6.07, 6.45) is 0. The second kappa shape index (κ2) is 10.2. The number of allylic oxidation sites excluding steroid dienone is 2. The quantitative estimate of drug-likeness (QED) is 0.622. The van der Waals surface area contributed by atoms with E-state index in [4.69, 9.17) is 16.3 Å². The lowest BCUT2D eigenvalue weighted by Crippen LogP contribution is -2.31. The number of esters is 1. The van der Waals surface area contributed by atoms with Gasteiger partial charge in [0.15, 0.2) is 0 Å². The minimum atomic E-state index is -0.691. The van der Waals surface area contributed by atoms with Crippen molar-refractivity contribution in [1.29, 1.82) is 5.26 Å². The van der Waals surface area contributed by atoms with E-state index in [1.54, 1.807) is 37.3 Å². The van der Waals surface area contributed by atoms with Gasteiger partial charge >= 0.3 is 5.97 Å². The number of benzene rings is 2. The van der Waals surface area contributed by atoms with E-state index in [1.807, 2.05) is 24.3 Å². The molecule has 158 valence electrons. The van der Waals surface area contributed by atoms with Gasteiger partial charge in [-0.2, -0.15) is 5.26 Å². The van der Waals surface area contributed by atoms with Crippen LogP contribution in [0.5, 0.6) is 0 Å². The topological polar surface area (TPSA) is 91.2 Å². The number of thioether (sulfide) groups is 1. The minimum absolute atomic E-state index is 0.0259. The third-order valence-electron chi connectivity index (χ3n) is 4.70. The molecule has 1 heterocycles. The van der Waals surface area contributed by atoms with Gasteiger partial charge in [-0.25, -0.2) is 0 Å². The zero-order valence-corrected chi connectivity index (χ0v) is 18.5. The summed E-state index contributed by atoms with van der Waals surface area (Å²) in [6, 6.07) is 18.4. The molecule has 1 aliphatic heterocycles. The van der Waals surface area contributed by atoms with Crippen molar-refractivity contribution in [3.8, 4) is 6.07 Å². The van der Waals surface area contributed by atoms with Crippen LogP contribution >= 0.6 is 23.4 Å². The summed E-state index contributed by atoms with van der Waals surface area (Å²) in [4.78, 5) is 24.9. The van der Waals surface area contributed by atoms with Gasteiger partial charge in [0.25, 0.3) is 5.91 Å². The van der Waals surface area contributed by atoms with Crippen LogP contribution in [0, 0.1) is 11.3 Å². The van der Waals surface area contributed by atoms with E-state index in [-0.39, 0.29) is 11.7 Å². The Kier molecular flexibility index (Phi) is 7.40. The highest BCUT2D eigenvalue weighted by molar-refractivity contribution is 8.03. The Morgan fingerprint density at radius 1 is 1.19 bits per heavy atom. The van der Waals surface area contributed by atoms with Crippen molar-refractivity contribution < 1.29 is 14.3 Å². The summed E-state index contributed by atoms with van der Waals surface area (Å²) in [7, 11) is 1.31. The molecule has 0 fully saturated rings. The molecule has 2 N–H and O–H groups in total. The number of hydrogen-bond acceptors (Lipinski definition) is 6. The summed E-state index contributed by atoms with van der Waals surface area (Å²) in [5, 5.41) is 16.9. The van der Waals surface area contributed by atoms with E-state index in [0.717, 1.165) is 11.8 Å². The lowest BCUT2D eigenvalue weighted by Gasteiger charge is -2.30. The Balaban J connectivity index is 2.07. The smallest absolute Gasteiger partial charge is 0.316 e. The number of rotatable bonds is 6. The molecule has 0 bridgehead atoms. The molecule has 2 aromatic rings. The maximum atomic E-state index is 13.3. The number of ether oxygens (including phenoxy) is 1. The van der Waals surface area contributed by atoms with Gasteiger partial charge in [-0.1, -0.05) is 59.8 Å². The van der Waals surface area contributed by atoms with Crippen molar-refractivity contribution in [3.05, 3.63) is 87.1 Å². The Morgan fingerprint density at radius 3 is 2.52 bits per heavy atom. The zero-order valence-electron chi connectivity index (χ0n) is 16.9. The van der Waals surface area contributed by atoms with Crippen LogP contribution in [0.4, 0.5) is 5.69 Å². The minimum Gasteiger partial charge on any atom is -0.468 e. The van der Waals surface area contributed by atoms with Gasteiger partial charge in [0.05, 0.1) is 35.5 Å². The van der Waals surface area contributed by atoms with Gasteiger partial charge in [0, 0.05) is 22.0 Å². The SMILES string of the molecule is COC(=O)CSC1=C(C#N)C(c2ccccc2Cl)C(C(=O)Nc2ccccc2)=C(C)N1. The van der Waals surface area contributed by atoms with Crippen molar-refractivity contribution in [2.75, 3.05) is 18.2 Å². The summed E-state index contributed by atoms with van der Waals surface area (Å²) >= 11 is 7.62. The molecular formula is C23H20ClN3O3S. The second-order valence-electron chi connectivity index (χ2n) is 6.66. The van der Waals surface area contributed by atoms with E-state index in [9.17, 15) is 14.9 Å². The fourth-order valence-electron chi connectivity index (χ4n) is 3.26. The summed E-state index contributed by atoms with van der Waals surface area (Å²) in [5.74, 6) is -1.42. The molecule has 6 nitrogen and oxygen atoms in total. The van der Waals surface area contributed by atoms with E-state index < -0.39 is 11.9 Å². The highest BCUT2D eigenvalue weighted by Gasteiger charge is 2.35. The maximum Gasteiger partial charge on any atom is 0.316 e. The number of anilines is 1. The van der Waals surface area contributed by atoms with Crippen molar-refractivity contribution in [1.82, 2.24) is 5.32 Å². The molecule has 1 amide bonds. The van der Waals surface area contributed by atoms with Crippen molar-refractivity contribution in [2.45, 2.75) is 12.8 Å². The molecule has 1 aliphatic rings. The number of methoxy groups -OCH3 is 1. The number of para-hydroxylation sites is 1. The second-order valence-corrected chi connectivity index (χ2v) is 8.05. The van der Waals surface area contributed by atoms with Crippen LogP contribution < -0.4 is 10.6 Å². The van der Waals surface area contributed by atoms with Crippen LogP contribution in [0.15, 0.2) is 76.5 Å². The Morgan fingerprint density at radius 2 is 1.87 bits per heavy atom. The highest BCUT2D eigenvalue weighted by atomic mass is 35.5. The fraction of sp³-hybridized carbons (Fsp3) is 0.174. The van der Waals surface area contributed by atoms with Gasteiger partial charge in [-0.15, -0.1) is 0 Å². The number of halogens is 1. The highest BCUT2D eigenvalue weighted by Crippen LogP contribution is 2.43. The average Bonchev–Trinajstić information content (AvgIpc) is 2.77. The fourth-order valence-corrected chi connectivity index (χ4v) is 4.43. The maximum absolute atomic E-state index is 13.3. The first-order valence-corrected chi connectivity index (χ1v) is 10.7. The first-order valence-electron chi connectivity index (χ1n) is 9.38. The molecule has 1 unspecified atom stereocenters. The van der Waals surface area contributed by atoms with Crippen LogP contribution in [0.2, 0.25) is 5.02 Å². The molecule has 1 atom stereocenters. The third-order valence-corrected chi connectivity index (χ3v) is 6.04. The van der Waals surface area contributed by atoms with E-state index in [2.05, 4.69) is 16.7 Å². The molecule has 0 aromatic heterocycles. The molecule has 0 aliphatic carbocycles. The summed E-state index contributed by atoms with van der Waals surface area (Å²) < 4.78 is 4.70. The molecule has 8 heteroatoms. The van der Waals surface area contributed by atoms with E-state index >= 15 is 0 Å². The number of carbonyl (C=O) groups excluding carboxylic acids is 2. The standard InChI is InChI=1S/C23H20ClN3O3S/c1-14-20(22(29)27-15-8-4-3-5-9-15)21(16-10-6-7-11-18(16)24)17(12-25)23(26-14)31-13-19(28)30-2/h3-11,21,26H,13H2,1-2H3,(H,27,29). The largest absolute Gasteiger partial charge is 0.468 e. The zero-order chi connectivity index (χ0) is 22.4. The summed E-state index contributed by atoms with van der Waals surface area (Å²) in [5.41, 5.74) is 2.54. The first kappa shape index (κ1) is 22.5. The van der Waals surface area contributed by atoms with Gasteiger partial charge in [-0.3, -0.25) is 9.59 Å². The monoisotopic (exact) mass is 453 g/mol. The molecule has 0 saturated heterocycles. The normalized spacial score (nSPS) is 15.7. The number of nitrogens with zero attached hydrogens (tertiary/aromatic N) is 1. The molecular weight excluding hydrogens is 434 g/mol. The van der Waals surface area contributed by atoms with Crippen LogP contribution in [0.25, 0.3) is 0 Å². The predicted molar refractivity (Wildman–Crippen MR) is 122 cm³/mol. The van der Waals surface area contributed by atoms with Gasteiger partial charge < -0.3 is 15.4 Å². The van der Waals surface area contributed by atoms with Crippen LogP contribution in [0.3, 0.4) is 0 Å². The Labute approximate surface area is 189 Å². The van der Waals surface area contributed by atoms with Crippen molar-refractivity contribution in [2.24, 2.45) is 0 Å². The lowest BCUT2D eigenvalue weighted by atomic mass is 9.82. The number of hydrogen-bond donors (Lipinski definition) is 2. The number of amides is 1. The predicted octanol–water partition coefficient (Wildman–Crippen LogP) is 4.58. The molecule has 0 radical (unpaired) electrons. The van der Waals surface area contributed by atoms with Crippen molar-refractivity contribution >= 4 is 40.9 Å². The molecule has 3 rings (SSSR count). The molecule has 31 heavy (non-hydrogen) atoms. The number of carbonyl (C=O) groups is 2.